The van der Waals surface area contributed by atoms with E-state index in [1.54, 1.807) is 0 Å². The lowest BCUT2D eigenvalue weighted by molar-refractivity contribution is 0.120. The standard InChI is InChI=1S/C23H39N5O2.HI/c1-6-24-23(25-15-17(3)28-10-8-27(5)9-11-28)26-16-20-14-22-19(12-18(4)30-22)13-21(20)29-7-2;/h13-14,17-18H,6-12,15-16H2,1-5H3,(H2,24,25,26);1H. The Kier molecular flexibility index (Phi) is 10.6. The monoisotopic (exact) mass is 545 g/mol. The molecule has 31 heavy (non-hydrogen) atoms. The third-order valence-corrected chi connectivity index (χ3v) is 5.86. The SMILES string of the molecule is CCNC(=NCc1cc2c(cc1OCC)CC(C)O2)NCC(C)N1CCN(C)CC1.I. The highest BCUT2D eigenvalue weighted by Gasteiger charge is 2.22. The molecule has 0 bridgehead atoms. The van der Waals surface area contributed by atoms with Gasteiger partial charge < -0.3 is 25.0 Å². The molecule has 2 aliphatic rings. The third kappa shape index (κ3) is 7.39. The van der Waals surface area contributed by atoms with Crippen molar-refractivity contribution in [1.82, 2.24) is 20.4 Å². The smallest absolute Gasteiger partial charge is 0.191 e. The molecule has 0 aliphatic carbocycles. The Balaban J connectivity index is 0.00000341. The number of piperazine rings is 1. The van der Waals surface area contributed by atoms with Gasteiger partial charge in [-0.1, -0.05) is 0 Å². The van der Waals surface area contributed by atoms with E-state index in [0.29, 0.717) is 19.2 Å². The molecule has 1 fully saturated rings. The molecule has 176 valence electrons. The number of fused-ring (bicyclic) bond motifs is 1. The van der Waals surface area contributed by atoms with E-state index < -0.39 is 0 Å². The summed E-state index contributed by atoms with van der Waals surface area (Å²) in [7, 11) is 2.19. The van der Waals surface area contributed by atoms with Crippen LogP contribution in [0.1, 0.15) is 38.8 Å². The number of rotatable bonds is 8. The first kappa shape index (κ1) is 26.0. The molecular formula is C23H40IN5O2. The normalized spacial score (nSPS) is 20.4. The van der Waals surface area contributed by atoms with Crippen molar-refractivity contribution in [2.75, 3.05) is 52.9 Å². The van der Waals surface area contributed by atoms with Crippen LogP contribution in [0.3, 0.4) is 0 Å². The average Bonchev–Trinajstić information content (AvgIpc) is 3.09. The van der Waals surface area contributed by atoms with Crippen LogP contribution >= 0.6 is 24.0 Å². The van der Waals surface area contributed by atoms with Crippen molar-refractivity contribution in [2.45, 2.75) is 52.8 Å². The second kappa shape index (κ2) is 12.7. The summed E-state index contributed by atoms with van der Waals surface area (Å²) in [5, 5.41) is 6.89. The fourth-order valence-electron chi connectivity index (χ4n) is 4.04. The summed E-state index contributed by atoms with van der Waals surface area (Å²) in [6, 6.07) is 4.70. The lowest BCUT2D eigenvalue weighted by Crippen LogP contribution is -2.52. The van der Waals surface area contributed by atoms with Crippen molar-refractivity contribution in [3.63, 3.8) is 0 Å². The molecule has 1 saturated heterocycles. The van der Waals surface area contributed by atoms with Gasteiger partial charge in [0, 0.05) is 62.9 Å². The number of halogens is 1. The van der Waals surface area contributed by atoms with Crippen LogP contribution in [0.15, 0.2) is 17.1 Å². The van der Waals surface area contributed by atoms with Crippen molar-refractivity contribution in [3.8, 4) is 11.5 Å². The van der Waals surface area contributed by atoms with Crippen LogP contribution in [0.5, 0.6) is 11.5 Å². The van der Waals surface area contributed by atoms with Crippen LogP contribution in [-0.4, -0.2) is 80.8 Å². The summed E-state index contributed by atoms with van der Waals surface area (Å²) in [4.78, 5) is 9.76. The maximum atomic E-state index is 5.94. The van der Waals surface area contributed by atoms with Gasteiger partial charge in [0.25, 0.3) is 0 Å². The van der Waals surface area contributed by atoms with Crippen molar-refractivity contribution in [3.05, 3.63) is 23.3 Å². The second-order valence-corrected chi connectivity index (χ2v) is 8.40. The van der Waals surface area contributed by atoms with E-state index in [-0.39, 0.29) is 30.1 Å². The summed E-state index contributed by atoms with van der Waals surface area (Å²) in [5.74, 6) is 2.73. The molecule has 2 N–H and O–H groups in total. The summed E-state index contributed by atoms with van der Waals surface area (Å²) in [6.07, 6.45) is 1.16. The molecule has 0 aromatic heterocycles. The Morgan fingerprint density at radius 3 is 2.65 bits per heavy atom. The number of aliphatic imine (C=N–C) groups is 1. The number of hydrogen-bond acceptors (Lipinski definition) is 5. The summed E-state index contributed by atoms with van der Waals surface area (Å²) >= 11 is 0. The number of nitrogens with zero attached hydrogens (tertiary/aromatic N) is 3. The van der Waals surface area contributed by atoms with Gasteiger partial charge in [-0.3, -0.25) is 4.90 Å². The second-order valence-electron chi connectivity index (χ2n) is 8.40. The molecule has 2 aliphatic heterocycles. The first-order chi connectivity index (χ1) is 14.5. The van der Waals surface area contributed by atoms with Crippen LogP contribution in [0.25, 0.3) is 0 Å². The van der Waals surface area contributed by atoms with Crippen LogP contribution in [-0.2, 0) is 13.0 Å². The molecule has 3 rings (SSSR count). The molecule has 0 radical (unpaired) electrons. The predicted molar refractivity (Wildman–Crippen MR) is 138 cm³/mol. The third-order valence-electron chi connectivity index (χ3n) is 5.86. The van der Waals surface area contributed by atoms with Crippen LogP contribution in [0.2, 0.25) is 0 Å². The Morgan fingerprint density at radius 1 is 1.23 bits per heavy atom. The zero-order valence-electron chi connectivity index (χ0n) is 19.7. The molecule has 2 atom stereocenters. The number of likely N-dealkylation sites (N-methyl/N-ethyl adjacent to an activating group) is 1. The van der Waals surface area contributed by atoms with Gasteiger partial charge in [0.05, 0.1) is 13.2 Å². The maximum absolute atomic E-state index is 5.94. The van der Waals surface area contributed by atoms with Gasteiger partial charge in [-0.15, -0.1) is 24.0 Å². The Hall–Kier alpha value is -1.26. The fourth-order valence-corrected chi connectivity index (χ4v) is 4.04. The van der Waals surface area contributed by atoms with E-state index in [1.165, 1.54) is 5.56 Å². The average molecular weight is 546 g/mol. The predicted octanol–water partition coefficient (Wildman–Crippen LogP) is 2.72. The highest BCUT2D eigenvalue weighted by molar-refractivity contribution is 14.0. The van der Waals surface area contributed by atoms with Gasteiger partial charge in [0.1, 0.15) is 17.6 Å². The number of nitrogens with one attached hydrogen (secondary N) is 2. The molecular weight excluding hydrogens is 505 g/mol. The Labute approximate surface area is 205 Å². The minimum Gasteiger partial charge on any atom is -0.494 e. The topological polar surface area (TPSA) is 61.4 Å². The Morgan fingerprint density at radius 2 is 1.97 bits per heavy atom. The van der Waals surface area contributed by atoms with Gasteiger partial charge in [-0.05, 0) is 46.9 Å². The van der Waals surface area contributed by atoms with Crippen LogP contribution in [0.4, 0.5) is 0 Å². The van der Waals surface area contributed by atoms with Gasteiger partial charge >= 0.3 is 0 Å². The number of hydrogen-bond donors (Lipinski definition) is 2. The highest BCUT2D eigenvalue weighted by Crippen LogP contribution is 2.35. The fraction of sp³-hybridized carbons (Fsp3) is 0.696. The van der Waals surface area contributed by atoms with E-state index in [4.69, 9.17) is 14.5 Å². The number of ether oxygens (including phenoxy) is 2. The Bertz CT molecular complexity index is 722. The minimum absolute atomic E-state index is 0. The van der Waals surface area contributed by atoms with Gasteiger partial charge in [0.15, 0.2) is 5.96 Å². The van der Waals surface area contributed by atoms with Gasteiger partial charge in [-0.25, -0.2) is 4.99 Å². The molecule has 2 unspecified atom stereocenters. The van der Waals surface area contributed by atoms with E-state index in [2.05, 4.69) is 60.4 Å². The van der Waals surface area contributed by atoms with Crippen molar-refractivity contribution in [2.24, 2.45) is 4.99 Å². The quantitative estimate of drug-likeness (QED) is 0.298. The van der Waals surface area contributed by atoms with Crippen LogP contribution < -0.4 is 20.1 Å². The molecule has 2 heterocycles. The molecule has 7 nitrogen and oxygen atoms in total. The zero-order chi connectivity index (χ0) is 21.5. The molecule has 0 amide bonds. The van der Waals surface area contributed by atoms with E-state index in [1.807, 2.05) is 6.92 Å². The van der Waals surface area contributed by atoms with Gasteiger partial charge in [-0.2, -0.15) is 0 Å². The van der Waals surface area contributed by atoms with E-state index in [0.717, 1.165) is 68.7 Å². The molecule has 0 spiro atoms. The zero-order valence-corrected chi connectivity index (χ0v) is 22.1. The molecule has 1 aromatic rings. The molecule has 8 heteroatoms. The van der Waals surface area contributed by atoms with Gasteiger partial charge in [0.2, 0.25) is 0 Å². The summed E-state index contributed by atoms with van der Waals surface area (Å²) in [6.45, 7) is 15.9. The maximum Gasteiger partial charge on any atom is 0.191 e. The van der Waals surface area contributed by atoms with Crippen molar-refractivity contribution < 1.29 is 9.47 Å². The summed E-state index contributed by atoms with van der Waals surface area (Å²) < 4.78 is 11.8. The van der Waals surface area contributed by atoms with E-state index >= 15 is 0 Å². The molecule has 0 saturated carbocycles. The largest absolute Gasteiger partial charge is 0.494 e. The molecule has 1 aromatic carbocycles. The lowest BCUT2D eigenvalue weighted by Gasteiger charge is -2.36. The number of benzene rings is 1. The highest BCUT2D eigenvalue weighted by atomic mass is 127. The van der Waals surface area contributed by atoms with E-state index in [9.17, 15) is 0 Å². The van der Waals surface area contributed by atoms with Crippen molar-refractivity contribution >= 4 is 29.9 Å². The van der Waals surface area contributed by atoms with Crippen LogP contribution in [0, 0.1) is 0 Å². The lowest BCUT2D eigenvalue weighted by atomic mass is 10.1. The minimum atomic E-state index is 0. The first-order valence-electron chi connectivity index (χ1n) is 11.4. The summed E-state index contributed by atoms with van der Waals surface area (Å²) in [5.41, 5.74) is 2.29. The first-order valence-corrected chi connectivity index (χ1v) is 11.4. The number of guanidine groups is 1. The van der Waals surface area contributed by atoms with Crippen molar-refractivity contribution in [1.29, 1.82) is 0 Å².